The van der Waals surface area contributed by atoms with Gasteiger partial charge in [0.1, 0.15) is 5.75 Å². The van der Waals surface area contributed by atoms with Crippen LogP contribution in [0.4, 0.5) is 5.69 Å². The van der Waals surface area contributed by atoms with Crippen molar-refractivity contribution in [3.05, 3.63) is 71.3 Å². The molecule has 0 heterocycles. The van der Waals surface area contributed by atoms with Crippen molar-refractivity contribution in [2.75, 3.05) is 19.0 Å². The quantitative estimate of drug-likeness (QED) is 0.678. The summed E-state index contributed by atoms with van der Waals surface area (Å²) in [6, 6.07) is 15.5. The number of allylic oxidation sites excluding steroid dienone is 1. The summed E-state index contributed by atoms with van der Waals surface area (Å²) < 4.78 is 5.41. The Morgan fingerprint density at radius 2 is 2.00 bits per heavy atom. The minimum atomic E-state index is -0.282. The molecule has 0 fully saturated rings. The SMILES string of the molecule is COc1ccc(C)cc1NC(=O)[C@H]([NH2+]CCC1=CCCCC1)c1ccccc1. The summed E-state index contributed by atoms with van der Waals surface area (Å²) in [5, 5.41) is 5.23. The summed E-state index contributed by atoms with van der Waals surface area (Å²) in [6.45, 7) is 2.91. The van der Waals surface area contributed by atoms with Crippen LogP contribution in [0.3, 0.4) is 0 Å². The smallest absolute Gasteiger partial charge is 0.287 e. The van der Waals surface area contributed by atoms with E-state index in [0.29, 0.717) is 5.75 Å². The van der Waals surface area contributed by atoms with Gasteiger partial charge in [0.25, 0.3) is 5.91 Å². The van der Waals surface area contributed by atoms with Crippen LogP contribution >= 0.6 is 0 Å². The number of benzene rings is 2. The summed E-state index contributed by atoms with van der Waals surface area (Å²) in [4.78, 5) is 13.2. The fraction of sp³-hybridized carbons (Fsp3) is 0.375. The third kappa shape index (κ3) is 5.46. The van der Waals surface area contributed by atoms with Gasteiger partial charge in [-0.2, -0.15) is 0 Å². The lowest BCUT2D eigenvalue weighted by molar-refractivity contribution is -0.682. The van der Waals surface area contributed by atoms with Gasteiger partial charge in [-0.1, -0.05) is 48.0 Å². The monoisotopic (exact) mass is 379 g/mol. The van der Waals surface area contributed by atoms with Crippen LogP contribution in [0.25, 0.3) is 0 Å². The minimum Gasteiger partial charge on any atom is -0.495 e. The van der Waals surface area contributed by atoms with E-state index in [0.717, 1.165) is 29.8 Å². The zero-order chi connectivity index (χ0) is 19.8. The molecule has 2 aromatic carbocycles. The lowest BCUT2D eigenvalue weighted by Gasteiger charge is -2.18. The van der Waals surface area contributed by atoms with Crippen LogP contribution in [-0.2, 0) is 4.79 Å². The molecule has 0 saturated carbocycles. The third-order valence-electron chi connectivity index (χ3n) is 5.31. The van der Waals surface area contributed by atoms with Gasteiger partial charge in [0.15, 0.2) is 6.04 Å². The first-order chi connectivity index (χ1) is 13.7. The van der Waals surface area contributed by atoms with E-state index in [1.807, 2.05) is 55.5 Å². The topological polar surface area (TPSA) is 54.9 Å². The van der Waals surface area contributed by atoms with Crippen LogP contribution in [0, 0.1) is 6.92 Å². The van der Waals surface area contributed by atoms with Gasteiger partial charge in [0, 0.05) is 12.0 Å². The first-order valence-electron chi connectivity index (χ1n) is 10.2. The molecule has 0 bridgehead atoms. The maximum Gasteiger partial charge on any atom is 0.287 e. The molecule has 28 heavy (non-hydrogen) atoms. The first kappa shape index (κ1) is 20.2. The van der Waals surface area contributed by atoms with E-state index in [4.69, 9.17) is 4.74 Å². The van der Waals surface area contributed by atoms with Crippen LogP contribution in [0.2, 0.25) is 0 Å². The number of rotatable bonds is 8. The summed E-state index contributed by atoms with van der Waals surface area (Å²) >= 11 is 0. The van der Waals surface area contributed by atoms with Crippen molar-refractivity contribution in [2.24, 2.45) is 0 Å². The Morgan fingerprint density at radius 1 is 1.18 bits per heavy atom. The Kier molecular flexibility index (Phi) is 7.26. The van der Waals surface area contributed by atoms with Crippen LogP contribution < -0.4 is 15.4 Å². The highest BCUT2D eigenvalue weighted by Gasteiger charge is 2.25. The predicted molar refractivity (Wildman–Crippen MR) is 114 cm³/mol. The van der Waals surface area contributed by atoms with Crippen LogP contribution in [0.1, 0.15) is 49.3 Å². The fourth-order valence-corrected chi connectivity index (χ4v) is 3.75. The number of hydrogen-bond acceptors (Lipinski definition) is 2. The van der Waals surface area contributed by atoms with Crippen LogP contribution in [-0.4, -0.2) is 19.6 Å². The number of carbonyl (C=O) groups is 1. The van der Waals surface area contributed by atoms with Crippen LogP contribution in [0.15, 0.2) is 60.2 Å². The maximum absolute atomic E-state index is 13.2. The second-order valence-electron chi connectivity index (χ2n) is 7.46. The first-order valence-corrected chi connectivity index (χ1v) is 10.2. The number of quaternary nitrogens is 1. The van der Waals surface area contributed by atoms with Gasteiger partial charge in [-0.3, -0.25) is 4.79 Å². The van der Waals surface area contributed by atoms with Gasteiger partial charge in [0.2, 0.25) is 0 Å². The Hall–Kier alpha value is -2.59. The Balaban J connectivity index is 1.72. The molecule has 3 rings (SSSR count). The van der Waals surface area contributed by atoms with Gasteiger partial charge >= 0.3 is 0 Å². The summed E-state index contributed by atoms with van der Waals surface area (Å²) in [6.07, 6.45) is 8.43. The number of hydrogen-bond donors (Lipinski definition) is 2. The predicted octanol–water partition coefficient (Wildman–Crippen LogP) is 4.14. The molecule has 0 radical (unpaired) electrons. The number of nitrogens with one attached hydrogen (secondary N) is 1. The number of nitrogens with two attached hydrogens (primary N) is 1. The number of aryl methyl sites for hydroxylation is 1. The van der Waals surface area contributed by atoms with Gasteiger partial charge in [0.05, 0.1) is 19.3 Å². The number of ether oxygens (including phenoxy) is 1. The molecule has 0 aliphatic heterocycles. The summed E-state index contributed by atoms with van der Waals surface area (Å²) in [5.74, 6) is 0.658. The number of methoxy groups -OCH3 is 1. The molecule has 1 aliphatic carbocycles. The third-order valence-corrected chi connectivity index (χ3v) is 5.31. The second kappa shape index (κ2) is 10.1. The molecule has 0 saturated heterocycles. The van der Waals surface area contributed by atoms with Crippen molar-refractivity contribution in [2.45, 2.75) is 45.1 Å². The van der Waals surface area contributed by atoms with Crippen molar-refractivity contribution in [1.29, 1.82) is 0 Å². The molecule has 1 aliphatic rings. The zero-order valence-corrected chi connectivity index (χ0v) is 16.9. The highest BCUT2D eigenvalue weighted by molar-refractivity contribution is 5.95. The van der Waals surface area contributed by atoms with E-state index < -0.39 is 0 Å². The van der Waals surface area contributed by atoms with E-state index >= 15 is 0 Å². The highest BCUT2D eigenvalue weighted by Crippen LogP contribution is 2.26. The molecule has 0 spiro atoms. The normalized spacial score (nSPS) is 14.9. The van der Waals surface area contributed by atoms with E-state index in [1.165, 1.54) is 31.3 Å². The lowest BCUT2D eigenvalue weighted by Crippen LogP contribution is -2.87. The summed E-state index contributed by atoms with van der Waals surface area (Å²) in [5.41, 5.74) is 4.36. The Morgan fingerprint density at radius 3 is 2.71 bits per heavy atom. The van der Waals surface area contributed by atoms with Gasteiger partial charge < -0.3 is 15.4 Å². The molecule has 0 unspecified atom stereocenters. The van der Waals surface area contributed by atoms with Crippen molar-refractivity contribution >= 4 is 11.6 Å². The maximum atomic E-state index is 13.2. The molecule has 148 valence electrons. The van der Waals surface area contributed by atoms with Crippen LogP contribution in [0.5, 0.6) is 5.75 Å². The molecular formula is C24H31N2O2+. The van der Waals surface area contributed by atoms with Gasteiger partial charge in [-0.05, 0) is 50.3 Å². The second-order valence-corrected chi connectivity index (χ2v) is 7.46. The average Bonchev–Trinajstić information content (AvgIpc) is 2.73. The number of carbonyl (C=O) groups excluding carboxylic acids is 1. The molecule has 4 nitrogen and oxygen atoms in total. The molecule has 3 N–H and O–H groups in total. The van der Waals surface area contributed by atoms with E-state index in [9.17, 15) is 4.79 Å². The largest absolute Gasteiger partial charge is 0.495 e. The lowest BCUT2D eigenvalue weighted by atomic mass is 9.97. The standard InChI is InChI=1S/C24H30N2O2/c1-18-13-14-22(28-2)21(17-18)26-24(27)23(20-11-7-4-8-12-20)25-16-15-19-9-5-3-6-10-19/h4,7-9,11-14,17,23,25H,3,5-6,10,15-16H2,1-2H3,(H,26,27)/p+1/t23-/m1/s1. The molecule has 2 aromatic rings. The van der Waals surface area contributed by atoms with Gasteiger partial charge in [-0.25, -0.2) is 0 Å². The Labute approximate surface area is 168 Å². The van der Waals surface area contributed by atoms with Gasteiger partial charge in [-0.15, -0.1) is 0 Å². The van der Waals surface area contributed by atoms with E-state index in [2.05, 4.69) is 16.7 Å². The van der Waals surface area contributed by atoms with Crippen molar-refractivity contribution in [1.82, 2.24) is 0 Å². The molecule has 1 atom stereocenters. The minimum absolute atomic E-state index is 0.0206. The zero-order valence-electron chi connectivity index (χ0n) is 16.9. The van der Waals surface area contributed by atoms with Crippen molar-refractivity contribution in [3.63, 3.8) is 0 Å². The Bertz CT molecular complexity index is 815. The molecule has 0 aromatic heterocycles. The van der Waals surface area contributed by atoms with Crippen molar-refractivity contribution in [3.8, 4) is 5.75 Å². The number of amides is 1. The summed E-state index contributed by atoms with van der Waals surface area (Å²) in [7, 11) is 1.62. The molecule has 4 heteroatoms. The van der Waals surface area contributed by atoms with E-state index in [1.54, 1.807) is 7.11 Å². The fourth-order valence-electron chi connectivity index (χ4n) is 3.75. The van der Waals surface area contributed by atoms with E-state index in [-0.39, 0.29) is 11.9 Å². The highest BCUT2D eigenvalue weighted by atomic mass is 16.5. The average molecular weight is 380 g/mol. The molecule has 1 amide bonds. The molecular weight excluding hydrogens is 348 g/mol. The number of anilines is 1. The van der Waals surface area contributed by atoms with Crippen molar-refractivity contribution < 1.29 is 14.8 Å².